The van der Waals surface area contributed by atoms with Gasteiger partial charge >= 0.3 is 12.0 Å². The Bertz CT molecular complexity index is 207. The number of amides is 2. The maximum atomic E-state index is 11.1. The molecule has 5 nitrogen and oxygen atoms in total. The molecule has 2 N–H and O–H groups in total. The molecule has 0 aromatic rings. The Balaban J connectivity index is 3.30. The van der Waals surface area contributed by atoms with Gasteiger partial charge in [-0.2, -0.15) is 0 Å². The minimum atomic E-state index is -0.212. The van der Waals surface area contributed by atoms with E-state index in [4.69, 9.17) is 4.74 Å². The first kappa shape index (κ1) is 14.7. The first-order valence-electron chi connectivity index (χ1n) is 5.88. The molecule has 0 saturated carbocycles. The average Bonchev–Trinajstić information content (AvgIpc) is 2.25. The molecule has 5 heteroatoms. The summed E-state index contributed by atoms with van der Waals surface area (Å²) in [6.07, 6.45) is 3.00. The zero-order chi connectivity index (χ0) is 12.2. The second kappa shape index (κ2) is 10.3. The molecule has 94 valence electrons. The number of carbonyl (C=O) groups is 2. The fraction of sp³-hybridized carbons (Fsp3) is 0.818. The van der Waals surface area contributed by atoms with Crippen LogP contribution in [0.5, 0.6) is 0 Å². The van der Waals surface area contributed by atoms with Crippen molar-refractivity contribution in [1.29, 1.82) is 0 Å². The lowest BCUT2D eigenvalue weighted by atomic mass is 10.3. The largest absolute Gasteiger partial charge is 0.466 e. The van der Waals surface area contributed by atoms with Crippen LogP contribution in [0.2, 0.25) is 0 Å². The quantitative estimate of drug-likeness (QED) is 0.489. The van der Waals surface area contributed by atoms with Gasteiger partial charge in [-0.25, -0.2) is 4.79 Å². The normalized spacial score (nSPS) is 9.62. The molecule has 0 rings (SSSR count). The van der Waals surface area contributed by atoms with Gasteiger partial charge in [-0.3, -0.25) is 4.79 Å². The van der Waals surface area contributed by atoms with Gasteiger partial charge in [0.2, 0.25) is 0 Å². The van der Waals surface area contributed by atoms with Crippen molar-refractivity contribution in [2.45, 2.75) is 39.5 Å². The molecule has 2 amide bonds. The Hall–Kier alpha value is -1.26. The van der Waals surface area contributed by atoms with Crippen LogP contribution in [0, 0.1) is 0 Å². The van der Waals surface area contributed by atoms with E-state index in [0.717, 1.165) is 12.8 Å². The van der Waals surface area contributed by atoms with E-state index < -0.39 is 0 Å². The lowest BCUT2D eigenvalue weighted by molar-refractivity contribution is -0.143. The van der Waals surface area contributed by atoms with Gasteiger partial charge in [0.15, 0.2) is 0 Å². The minimum Gasteiger partial charge on any atom is -0.466 e. The summed E-state index contributed by atoms with van der Waals surface area (Å²) in [7, 11) is 0. The van der Waals surface area contributed by atoms with Gasteiger partial charge in [0.25, 0.3) is 0 Å². The predicted molar refractivity (Wildman–Crippen MR) is 62.2 cm³/mol. The van der Waals surface area contributed by atoms with Crippen LogP contribution >= 0.6 is 0 Å². The third-order valence-electron chi connectivity index (χ3n) is 1.96. The summed E-state index contributed by atoms with van der Waals surface area (Å²) in [6.45, 7) is 5.44. The minimum absolute atomic E-state index is 0.169. The number of hydrogen-bond donors (Lipinski definition) is 2. The summed E-state index contributed by atoms with van der Waals surface area (Å²) < 4.78 is 4.76. The van der Waals surface area contributed by atoms with Gasteiger partial charge in [0.05, 0.1) is 6.61 Å². The van der Waals surface area contributed by atoms with E-state index in [9.17, 15) is 9.59 Å². The van der Waals surface area contributed by atoms with Gasteiger partial charge in [0.1, 0.15) is 0 Å². The van der Waals surface area contributed by atoms with Crippen LogP contribution in [0.3, 0.4) is 0 Å². The van der Waals surface area contributed by atoms with Crippen molar-refractivity contribution in [3.05, 3.63) is 0 Å². The number of rotatable bonds is 8. The zero-order valence-corrected chi connectivity index (χ0v) is 10.2. The maximum absolute atomic E-state index is 11.1. The third kappa shape index (κ3) is 9.30. The second-order valence-electron chi connectivity index (χ2n) is 3.44. The Morgan fingerprint density at radius 1 is 1.06 bits per heavy atom. The molecule has 0 saturated heterocycles. The van der Waals surface area contributed by atoms with Crippen LogP contribution in [-0.4, -0.2) is 31.7 Å². The second-order valence-corrected chi connectivity index (χ2v) is 3.44. The van der Waals surface area contributed by atoms with Gasteiger partial charge in [0, 0.05) is 19.5 Å². The molecule has 0 aromatic carbocycles. The van der Waals surface area contributed by atoms with E-state index >= 15 is 0 Å². The number of unbranched alkanes of at least 4 members (excludes halogenated alkanes) is 1. The molecule has 0 aliphatic heterocycles. The molecule has 0 bridgehead atoms. The Morgan fingerprint density at radius 3 is 2.25 bits per heavy atom. The molecule has 0 fully saturated rings. The summed E-state index contributed by atoms with van der Waals surface area (Å²) >= 11 is 0. The molecular weight excluding hydrogens is 208 g/mol. The highest BCUT2D eigenvalue weighted by molar-refractivity contribution is 5.74. The molecular formula is C11H22N2O3. The van der Waals surface area contributed by atoms with Gasteiger partial charge < -0.3 is 15.4 Å². The molecule has 0 unspecified atom stereocenters. The molecule has 0 radical (unpaired) electrons. The van der Waals surface area contributed by atoms with E-state index in [1.165, 1.54) is 0 Å². The molecule has 0 aromatic heterocycles. The average molecular weight is 230 g/mol. The topological polar surface area (TPSA) is 67.4 Å². The number of carbonyl (C=O) groups excluding carboxylic acids is 2. The summed E-state index contributed by atoms with van der Waals surface area (Å²) in [6, 6.07) is -0.169. The molecule has 16 heavy (non-hydrogen) atoms. The number of urea groups is 1. The third-order valence-corrected chi connectivity index (χ3v) is 1.96. The van der Waals surface area contributed by atoms with Crippen LogP contribution < -0.4 is 10.6 Å². The van der Waals surface area contributed by atoms with Crippen molar-refractivity contribution in [2.24, 2.45) is 0 Å². The van der Waals surface area contributed by atoms with Crippen molar-refractivity contribution >= 4 is 12.0 Å². The van der Waals surface area contributed by atoms with Crippen molar-refractivity contribution in [1.82, 2.24) is 10.6 Å². The van der Waals surface area contributed by atoms with Crippen molar-refractivity contribution in [2.75, 3.05) is 19.7 Å². The Labute approximate surface area is 96.9 Å². The molecule has 0 aliphatic rings. The summed E-state index contributed by atoms with van der Waals surface area (Å²) in [5, 5.41) is 5.41. The highest BCUT2D eigenvalue weighted by Gasteiger charge is 2.02. The first-order valence-corrected chi connectivity index (χ1v) is 5.88. The van der Waals surface area contributed by atoms with Gasteiger partial charge in [-0.05, 0) is 19.8 Å². The van der Waals surface area contributed by atoms with Crippen LogP contribution in [0.15, 0.2) is 0 Å². The predicted octanol–water partition coefficient (Wildman–Crippen LogP) is 1.43. The highest BCUT2D eigenvalue weighted by Crippen LogP contribution is 1.91. The summed E-state index contributed by atoms with van der Waals surface area (Å²) in [4.78, 5) is 22.1. The molecule has 0 heterocycles. The number of ether oxygens (including phenoxy) is 1. The van der Waals surface area contributed by atoms with Crippen LogP contribution in [0.4, 0.5) is 4.79 Å². The number of hydrogen-bond acceptors (Lipinski definition) is 3. The van der Waals surface area contributed by atoms with Crippen molar-refractivity contribution < 1.29 is 14.3 Å². The molecule has 0 aliphatic carbocycles. The summed E-state index contributed by atoms with van der Waals surface area (Å²) in [5.41, 5.74) is 0. The molecule has 0 spiro atoms. The van der Waals surface area contributed by atoms with Crippen molar-refractivity contribution in [3.8, 4) is 0 Å². The SMILES string of the molecule is CCCCNC(=O)NCCCC(=O)OCC. The molecule has 0 atom stereocenters. The summed E-state index contributed by atoms with van der Waals surface area (Å²) in [5.74, 6) is -0.212. The number of esters is 1. The van der Waals surface area contributed by atoms with Crippen LogP contribution in [0.1, 0.15) is 39.5 Å². The van der Waals surface area contributed by atoms with E-state index in [2.05, 4.69) is 17.6 Å². The van der Waals surface area contributed by atoms with E-state index in [0.29, 0.717) is 32.5 Å². The van der Waals surface area contributed by atoms with Crippen molar-refractivity contribution in [3.63, 3.8) is 0 Å². The number of nitrogens with one attached hydrogen (secondary N) is 2. The Kier molecular flexibility index (Phi) is 9.46. The van der Waals surface area contributed by atoms with E-state index in [1.807, 2.05) is 0 Å². The fourth-order valence-corrected chi connectivity index (χ4v) is 1.11. The van der Waals surface area contributed by atoms with E-state index in [1.54, 1.807) is 6.92 Å². The van der Waals surface area contributed by atoms with E-state index in [-0.39, 0.29) is 12.0 Å². The van der Waals surface area contributed by atoms with Gasteiger partial charge in [-0.15, -0.1) is 0 Å². The first-order chi connectivity index (χ1) is 7.70. The monoisotopic (exact) mass is 230 g/mol. The maximum Gasteiger partial charge on any atom is 0.314 e. The van der Waals surface area contributed by atoms with Crippen LogP contribution in [0.25, 0.3) is 0 Å². The standard InChI is InChI=1S/C11H22N2O3/c1-3-5-8-12-11(15)13-9-6-7-10(14)16-4-2/h3-9H2,1-2H3,(H2,12,13,15). The lowest BCUT2D eigenvalue weighted by Gasteiger charge is -2.06. The smallest absolute Gasteiger partial charge is 0.314 e. The van der Waals surface area contributed by atoms with Crippen LogP contribution in [-0.2, 0) is 9.53 Å². The lowest BCUT2D eigenvalue weighted by Crippen LogP contribution is -2.36. The zero-order valence-electron chi connectivity index (χ0n) is 10.2. The van der Waals surface area contributed by atoms with Gasteiger partial charge in [-0.1, -0.05) is 13.3 Å². The fourth-order valence-electron chi connectivity index (χ4n) is 1.11. The Morgan fingerprint density at radius 2 is 1.69 bits per heavy atom. The highest BCUT2D eigenvalue weighted by atomic mass is 16.5.